The van der Waals surface area contributed by atoms with Gasteiger partial charge in [-0.25, -0.2) is 4.99 Å². The number of anilines is 1. The fourth-order valence-electron chi connectivity index (χ4n) is 3.88. The van der Waals surface area contributed by atoms with Crippen LogP contribution >= 0.6 is 0 Å². The average molecular weight is 486 g/mol. The molecule has 2 atom stereocenters. The van der Waals surface area contributed by atoms with Gasteiger partial charge in [-0.1, -0.05) is 60.7 Å². The molecule has 0 unspecified atom stereocenters. The van der Waals surface area contributed by atoms with Crippen LogP contribution in [0.2, 0.25) is 0 Å². The molecule has 3 aromatic carbocycles. The van der Waals surface area contributed by atoms with Gasteiger partial charge in [-0.2, -0.15) is 0 Å². The molecule has 1 heterocycles. The molecule has 3 aromatic rings. The minimum absolute atomic E-state index is 0.0859. The monoisotopic (exact) mass is 485 g/mol. The Balaban J connectivity index is 1.56. The summed E-state index contributed by atoms with van der Waals surface area (Å²) in [6.45, 7) is 2.39. The first-order valence-electron chi connectivity index (χ1n) is 12.0. The summed E-state index contributed by atoms with van der Waals surface area (Å²) in [5.41, 5.74) is 7.22. The van der Waals surface area contributed by atoms with Crippen LogP contribution in [-0.2, 0) is 9.53 Å². The third kappa shape index (κ3) is 6.12. The van der Waals surface area contributed by atoms with Crippen molar-refractivity contribution in [2.24, 2.45) is 4.99 Å². The van der Waals surface area contributed by atoms with Crippen molar-refractivity contribution in [3.63, 3.8) is 0 Å². The Morgan fingerprint density at radius 1 is 1.06 bits per heavy atom. The quantitative estimate of drug-likeness (QED) is 0.273. The number of ether oxygens (including phenoxy) is 2. The second-order valence-electron chi connectivity index (χ2n) is 8.51. The summed E-state index contributed by atoms with van der Waals surface area (Å²) < 4.78 is 11.7. The Morgan fingerprint density at radius 3 is 2.44 bits per heavy atom. The fourth-order valence-corrected chi connectivity index (χ4v) is 3.88. The third-order valence-corrected chi connectivity index (χ3v) is 5.96. The van der Waals surface area contributed by atoms with Crippen LogP contribution in [-0.4, -0.2) is 41.8 Å². The van der Waals surface area contributed by atoms with E-state index in [1.165, 1.54) is 0 Å². The number of benzene rings is 3. The lowest BCUT2D eigenvalue weighted by molar-refractivity contribution is -0.127. The number of amides is 1. The predicted molar refractivity (Wildman–Crippen MR) is 142 cm³/mol. The van der Waals surface area contributed by atoms with Crippen LogP contribution in [0.25, 0.3) is 6.08 Å². The molecule has 0 aliphatic carbocycles. The van der Waals surface area contributed by atoms with Crippen molar-refractivity contribution < 1.29 is 19.4 Å². The SMILES string of the molecule is C[C@@H]1OC(c2ccc(OCCCO)cc2)=N[C@]1(C/C=C/c1ccccc1)C(=O)NNc1ccccc1. The van der Waals surface area contributed by atoms with E-state index in [-0.39, 0.29) is 12.5 Å². The smallest absolute Gasteiger partial charge is 0.270 e. The zero-order valence-corrected chi connectivity index (χ0v) is 20.3. The molecule has 0 radical (unpaired) electrons. The molecule has 0 spiro atoms. The number of aliphatic hydroxyl groups is 1. The molecule has 4 rings (SSSR count). The highest BCUT2D eigenvalue weighted by atomic mass is 16.5. The lowest BCUT2D eigenvalue weighted by Gasteiger charge is -2.27. The van der Waals surface area contributed by atoms with Crippen LogP contribution in [0.1, 0.15) is 30.9 Å². The second kappa shape index (κ2) is 12.0. The first-order chi connectivity index (χ1) is 17.6. The molecule has 0 saturated heterocycles. The van der Waals surface area contributed by atoms with Crippen molar-refractivity contribution in [3.05, 3.63) is 102 Å². The van der Waals surface area contributed by atoms with Crippen molar-refractivity contribution in [2.75, 3.05) is 18.6 Å². The number of hydrogen-bond donors (Lipinski definition) is 3. The zero-order valence-electron chi connectivity index (χ0n) is 20.3. The largest absolute Gasteiger partial charge is 0.494 e. The zero-order chi connectivity index (χ0) is 25.2. The highest BCUT2D eigenvalue weighted by molar-refractivity contribution is 6.01. The van der Waals surface area contributed by atoms with Gasteiger partial charge in [-0.15, -0.1) is 0 Å². The molecule has 7 nitrogen and oxygen atoms in total. The molecule has 0 bridgehead atoms. The molecule has 1 aliphatic heterocycles. The molecule has 7 heteroatoms. The first kappa shape index (κ1) is 25.0. The summed E-state index contributed by atoms with van der Waals surface area (Å²) in [6, 6.07) is 26.7. The summed E-state index contributed by atoms with van der Waals surface area (Å²) in [5.74, 6) is 0.823. The van der Waals surface area contributed by atoms with E-state index in [0.717, 1.165) is 16.8 Å². The minimum Gasteiger partial charge on any atom is -0.494 e. The maximum atomic E-state index is 13.5. The number of hydrogen-bond acceptors (Lipinski definition) is 6. The highest BCUT2D eigenvalue weighted by Crippen LogP contribution is 2.33. The number of carbonyl (C=O) groups excluding carboxylic acids is 1. The Hall–Kier alpha value is -4.10. The number of nitrogens with zero attached hydrogens (tertiary/aromatic N) is 1. The number of nitrogens with one attached hydrogen (secondary N) is 2. The average Bonchev–Trinajstić information content (AvgIpc) is 3.26. The number of para-hydroxylation sites is 1. The van der Waals surface area contributed by atoms with E-state index in [4.69, 9.17) is 19.6 Å². The molecule has 1 aliphatic rings. The Morgan fingerprint density at radius 2 is 1.75 bits per heavy atom. The van der Waals surface area contributed by atoms with Gasteiger partial charge in [0.25, 0.3) is 5.91 Å². The van der Waals surface area contributed by atoms with Crippen molar-refractivity contribution in [3.8, 4) is 5.75 Å². The van der Waals surface area contributed by atoms with Gasteiger partial charge in [0.1, 0.15) is 11.9 Å². The summed E-state index contributed by atoms with van der Waals surface area (Å²) in [6.07, 6.45) is 4.38. The number of aliphatic imine (C=N–C) groups is 1. The van der Waals surface area contributed by atoms with Crippen molar-refractivity contribution >= 4 is 23.6 Å². The standard InChI is InChI=1S/C29H31N3O4/c1-22-29(19-8-12-23-10-4-2-5-11-23,28(34)32-31-25-13-6-3-7-14-25)30-27(36-22)24-15-17-26(18-16-24)35-21-9-20-33/h2-8,10-18,22,31,33H,9,19-21H2,1H3,(H,32,34)/b12-8+/t22-,29-/m0/s1. The van der Waals surface area contributed by atoms with Gasteiger partial charge >= 0.3 is 0 Å². The Bertz CT molecular complexity index is 1180. The van der Waals surface area contributed by atoms with E-state index >= 15 is 0 Å². The van der Waals surface area contributed by atoms with E-state index in [1.807, 2.05) is 104 Å². The fraction of sp³-hybridized carbons (Fsp3) is 0.241. The predicted octanol–water partition coefficient (Wildman–Crippen LogP) is 4.60. The summed E-state index contributed by atoms with van der Waals surface area (Å²) in [4.78, 5) is 18.4. The Labute approximate surface area is 211 Å². The van der Waals surface area contributed by atoms with E-state index < -0.39 is 11.6 Å². The molecule has 186 valence electrons. The van der Waals surface area contributed by atoms with Gasteiger partial charge in [0.15, 0.2) is 5.54 Å². The molecular weight excluding hydrogens is 454 g/mol. The molecular formula is C29H31N3O4. The number of carbonyl (C=O) groups is 1. The lowest BCUT2D eigenvalue weighted by atomic mass is 9.89. The number of rotatable bonds is 11. The summed E-state index contributed by atoms with van der Waals surface area (Å²) >= 11 is 0. The topological polar surface area (TPSA) is 92.2 Å². The van der Waals surface area contributed by atoms with Crippen LogP contribution in [0.3, 0.4) is 0 Å². The van der Waals surface area contributed by atoms with Crippen molar-refractivity contribution in [1.29, 1.82) is 0 Å². The van der Waals surface area contributed by atoms with E-state index in [2.05, 4.69) is 10.9 Å². The summed E-state index contributed by atoms with van der Waals surface area (Å²) in [7, 11) is 0. The normalized spacial score (nSPS) is 18.9. The maximum absolute atomic E-state index is 13.5. The van der Waals surface area contributed by atoms with Gasteiger partial charge in [0, 0.05) is 25.0 Å². The van der Waals surface area contributed by atoms with Crippen LogP contribution in [0.5, 0.6) is 5.75 Å². The lowest BCUT2D eigenvalue weighted by Crippen LogP contribution is -2.52. The molecule has 0 aromatic heterocycles. The first-order valence-corrected chi connectivity index (χ1v) is 12.0. The van der Waals surface area contributed by atoms with Crippen LogP contribution in [0, 0.1) is 0 Å². The van der Waals surface area contributed by atoms with Crippen molar-refractivity contribution in [1.82, 2.24) is 5.43 Å². The molecule has 36 heavy (non-hydrogen) atoms. The number of hydrazine groups is 1. The van der Waals surface area contributed by atoms with E-state index in [1.54, 1.807) is 0 Å². The molecule has 3 N–H and O–H groups in total. The van der Waals surface area contributed by atoms with Crippen LogP contribution in [0.4, 0.5) is 5.69 Å². The molecule has 0 fully saturated rings. The Kier molecular flexibility index (Phi) is 8.36. The van der Waals surface area contributed by atoms with E-state index in [9.17, 15) is 4.79 Å². The minimum atomic E-state index is -1.15. The van der Waals surface area contributed by atoms with Gasteiger partial charge < -0.3 is 14.6 Å². The van der Waals surface area contributed by atoms with Crippen LogP contribution in [0.15, 0.2) is 96.0 Å². The third-order valence-electron chi connectivity index (χ3n) is 5.96. The van der Waals surface area contributed by atoms with Gasteiger partial charge in [0.05, 0.1) is 12.3 Å². The van der Waals surface area contributed by atoms with E-state index in [0.29, 0.717) is 31.1 Å². The highest BCUT2D eigenvalue weighted by Gasteiger charge is 2.49. The maximum Gasteiger partial charge on any atom is 0.270 e. The summed E-state index contributed by atoms with van der Waals surface area (Å²) in [5, 5.41) is 8.93. The molecule has 0 saturated carbocycles. The van der Waals surface area contributed by atoms with Crippen molar-refractivity contribution in [2.45, 2.75) is 31.4 Å². The molecule has 1 amide bonds. The number of aliphatic hydroxyl groups excluding tert-OH is 1. The van der Waals surface area contributed by atoms with Gasteiger partial charge in [0.2, 0.25) is 5.90 Å². The van der Waals surface area contributed by atoms with Crippen LogP contribution < -0.4 is 15.6 Å². The van der Waals surface area contributed by atoms with Gasteiger partial charge in [-0.3, -0.25) is 15.6 Å². The second-order valence-corrected chi connectivity index (χ2v) is 8.51. The van der Waals surface area contributed by atoms with Gasteiger partial charge in [-0.05, 0) is 48.9 Å².